The fraction of sp³-hybridized carbons (Fsp3) is 0.150. The number of fused-ring (bicyclic) bond motifs is 1. The Labute approximate surface area is 155 Å². The molecule has 0 aliphatic carbocycles. The van der Waals surface area contributed by atoms with Gasteiger partial charge in [-0.2, -0.15) is 0 Å². The van der Waals surface area contributed by atoms with Crippen LogP contribution < -0.4 is 14.8 Å². The topological polar surface area (TPSA) is 90.7 Å². The van der Waals surface area contributed by atoms with Gasteiger partial charge in [0.2, 0.25) is 0 Å². The first-order valence-electron chi connectivity index (χ1n) is 8.27. The second-order valence-electron chi connectivity index (χ2n) is 5.87. The van der Waals surface area contributed by atoms with Crippen molar-refractivity contribution in [2.24, 2.45) is 0 Å². The fourth-order valence-electron chi connectivity index (χ4n) is 2.68. The highest BCUT2D eigenvalue weighted by Gasteiger charge is 2.22. The number of nitro benzene ring substituents is 1. The summed E-state index contributed by atoms with van der Waals surface area (Å²) in [6, 6.07) is 17.5. The maximum absolute atomic E-state index is 12.5. The molecule has 3 aromatic carbocycles. The number of nitro groups is 1. The van der Waals surface area contributed by atoms with Crippen molar-refractivity contribution in [3.05, 3.63) is 70.8 Å². The van der Waals surface area contributed by atoms with Crippen molar-refractivity contribution in [1.82, 2.24) is 0 Å². The van der Waals surface area contributed by atoms with E-state index in [1.54, 1.807) is 6.07 Å². The molecule has 3 rings (SSSR count). The molecule has 0 saturated carbocycles. The number of rotatable bonds is 6. The molecule has 0 heterocycles. The van der Waals surface area contributed by atoms with Crippen LogP contribution in [0, 0.1) is 10.1 Å². The molecule has 0 fully saturated rings. The third kappa shape index (κ3) is 3.98. The van der Waals surface area contributed by atoms with Crippen LogP contribution in [0.4, 0.5) is 11.4 Å². The minimum absolute atomic E-state index is 0.00127. The minimum Gasteiger partial charge on any atom is -0.496 e. The van der Waals surface area contributed by atoms with Gasteiger partial charge in [0.15, 0.2) is 11.9 Å². The number of nitrogens with zero attached hydrogens (tertiary/aromatic N) is 1. The summed E-state index contributed by atoms with van der Waals surface area (Å²) in [6.07, 6.45) is -0.934. The van der Waals surface area contributed by atoms with Crippen molar-refractivity contribution < 1.29 is 19.2 Å². The highest BCUT2D eigenvalue weighted by atomic mass is 16.6. The smallest absolute Gasteiger partial charge is 0.314 e. The van der Waals surface area contributed by atoms with E-state index >= 15 is 0 Å². The number of hydrogen-bond acceptors (Lipinski definition) is 5. The van der Waals surface area contributed by atoms with E-state index in [9.17, 15) is 14.9 Å². The molecule has 1 amide bonds. The molecule has 1 N–H and O–H groups in total. The van der Waals surface area contributed by atoms with Gasteiger partial charge in [0.05, 0.1) is 18.1 Å². The van der Waals surface area contributed by atoms with Crippen molar-refractivity contribution in [1.29, 1.82) is 0 Å². The lowest BCUT2D eigenvalue weighted by Crippen LogP contribution is -2.30. The molecule has 1 unspecified atom stereocenters. The molecule has 27 heavy (non-hydrogen) atoms. The average molecular weight is 366 g/mol. The molecule has 0 saturated heterocycles. The zero-order chi connectivity index (χ0) is 19.4. The van der Waals surface area contributed by atoms with E-state index < -0.39 is 16.9 Å². The van der Waals surface area contributed by atoms with Crippen molar-refractivity contribution in [2.45, 2.75) is 13.0 Å². The molecule has 0 radical (unpaired) electrons. The van der Waals surface area contributed by atoms with E-state index in [2.05, 4.69) is 5.32 Å². The van der Waals surface area contributed by atoms with E-state index in [0.29, 0.717) is 11.4 Å². The van der Waals surface area contributed by atoms with Crippen LogP contribution in [0.15, 0.2) is 60.7 Å². The Hall–Kier alpha value is -3.61. The fourth-order valence-corrected chi connectivity index (χ4v) is 2.68. The number of ether oxygens (including phenoxy) is 2. The van der Waals surface area contributed by atoms with Gasteiger partial charge in [0, 0.05) is 11.1 Å². The SMILES string of the molecule is COc1ccc(OC(C)C(=O)Nc2cccc3ccccc23)c([N+](=O)[O-])c1. The molecule has 1 atom stereocenters. The Balaban J connectivity index is 1.79. The van der Waals surface area contributed by atoms with Crippen molar-refractivity contribution in [2.75, 3.05) is 12.4 Å². The summed E-state index contributed by atoms with van der Waals surface area (Å²) in [4.78, 5) is 23.2. The quantitative estimate of drug-likeness (QED) is 0.522. The monoisotopic (exact) mass is 366 g/mol. The molecule has 0 aliphatic heterocycles. The van der Waals surface area contributed by atoms with Gasteiger partial charge in [0.1, 0.15) is 5.75 Å². The first-order chi connectivity index (χ1) is 13.0. The van der Waals surface area contributed by atoms with Crippen LogP contribution in [-0.4, -0.2) is 24.0 Å². The number of hydrogen-bond donors (Lipinski definition) is 1. The number of carbonyl (C=O) groups excluding carboxylic acids is 1. The van der Waals surface area contributed by atoms with E-state index in [-0.39, 0.29) is 11.4 Å². The summed E-state index contributed by atoms with van der Waals surface area (Å²) in [5, 5.41) is 16.0. The summed E-state index contributed by atoms with van der Waals surface area (Å²) in [5.41, 5.74) is 0.386. The number of carbonyl (C=O) groups is 1. The highest BCUT2D eigenvalue weighted by molar-refractivity contribution is 6.03. The average Bonchev–Trinajstić information content (AvgIpc) is 2.68. The van der Waals surface area contributed by atoms with Crippen molar-refractivity contribution in [3.63, 3.8) is 0 Å². The molecular weight excluding hydrogens is 348 g/mol. The Bertz CT molecular complexity index is 997. The number of benzene rings is 3. The lowest BCUT2D eigenvalue weighted by molar-refractivity contribution is -0.386. The van der Waals surface area contributed by atoms with Crippen molar-refractivity contribution >= 4 is 28.1 Å². The van der Waals surface area contributed by atoms with Crippen LogP contribution in [0.2, 0.25) is 0 Å². The van der Waals surface area contributed by atoms with Gasteiger partial charge in [-0.3, -0.25) is 14.9 Å². The number of nitrogens with one attached hydrogen (secondary N) is 1. The Morgan fingerprint density at radius 3 is 2.59 bits per heavy atom. The third-order valence-corrected chi connectivity index (χ3v) is 4.08. The van der Waals surface area contributed by atoms with Crippen molar-refractivity contribution in [3.8, 4) is 11.5 Å². The molecule has 138 valence electrons. The Kier molecular flexibility index (Phi) is 5.21. The van der Waals surface area contributed by atoms with E-state index in [4.69, 9.17) is 9.47 Å². The van der Waals surface area contributed by atoms with Gasteiger partial charge in [-0.05, 0) is 30.5 Å². The molecule has 3 aromatic rings. The van der Waals surface area contributed by atoms with Crippen LogP contribution in [0.25, 0.3) is 10.8 Å². The standard InChI is InChI=1S/C20H18N2O5/c1-13(27-19-11-10-15(26-2)12-18(19)22(24)25)20(23)21-17-9-5-7-14-6-3-4-8-16(14)17/h3-13H,1-2H3,(H,21,23). The van der Waals surface area contributed by atoms with Gasteiger partial charge in [-0.15, -0.1) is 0 Å². The van der Waals surface area contributed by atoms with Crippen LogP contribution in [0.3, 0.4) is 0 Å². The van der Waals surface area contributed by atoms with Crippen LogP contribution in [0.1, 0.15) is 6.92 Å². The zero-order valence-corrected chi connectivity index (χ0v) is 14.8. The first kappa shape index (κ1) is 18.2. The molecule has 0 aliphatic rings. The Morgan fingerprint density at radius 1 is 1.11 bits per heavy atom. The lowest BCUT2D eigenvalue weighted by atomic mass is 10.1. The molecule has 0 aromatic heterocycles. The van der Waals surface area contributed by atoms with Gasteiger partial charge in [-0.25, -0.2) is 0 Å². The Morgan fingerprint density at radius 2 is 1.85 bits per heavy atom. The molecule has 7 heteroatoms. The van der Waals surface area contributed by atoms with E-state index in [1.165, 1.54) is 32.2 Å². The summed E-state index contributed by atoms with van der Waals surface area (Å²) >= 11 is 0. The number of amides is 1. The second-order valence-corrected chi connectivity index (χ2v) is 5.87. The first-order valence-corrected chi connectivity index (χ1v) is 8.27. The van der Waals surface area contributed by atoms with Gasteiger partial charge in [0.25, 0.3) is 5.91 Å². The number of methoxy groups -OCH3 is 1. The van der Waals surface area contributed by atoms with E-state index in [0.717, 1.165) is 10.8 Å². The maximum Gasteiger partial charge on any atom is 0.314 e. The van der Waals surface area contributed by atoms with Gasteiger partial charge >= 0.3 is 5.69 Å². The van der Waals surface area contributed by atoms with Crippen LogP contribution in [-0.2, 0) is 4.79 Å². The second kappa shape index (κ2) is 7.74. The van der Waals surface area contributed by atoms with Gasteiger partial charge in [-0.1, -0.05) is 36.4 Å². The predicted molar refractivity (Wildman–Crippen MR) is 102 cm³/mol. The molecule has 0 bridgehead atoms. The molecule has 0 spiro atoms. The summed E-state index contributed by atoms with van der Waals surface area (Å²) in [7, 11) is 1.42. The van der Waals surface area contributed by atoms with Crippen LogP contribution in [0.5, 0.6) is 11.5 Å². The largest absolute Gasteiger partial charge is 0.496 e. The van der Waals surface area contributed by atoms with Gasteiger partial charge < -0.3 is 14.8 Å². The van der Waals surface area contributed by atoms with E-state index in [1.807, 2.05) is 36.4 Å². The molecule has 7 nitrogen and oxygen atoms in total. The summed E-state index contributed by atoms with van der Waals surface area (Å²) in [5.74, 6) is -0.0697. The summed E-state index contributed by atoms with van der Waals surface area (Å²) in [6.45, 7) is 1.54. The minimum atomic E-state index is -0.934. The normalized spacial score (nSPS) is 11.6. The highest BCUT2D eigenvalue weighted by Crippen LogP contribution is 2.32. The zero-order valence-electron chi connectivity index (χ0n) is 14.8. The third-order valence-electron chi connectivity index (χ3n) is 4.08. The number of anilines is 1. The van der Waals surface area contributed by atoms with Crippen LogP contribution >= 0.6 is 0 Å². The summed E-state index contributed by atoms with van der Waals surface area (Å²) < 4.78 is 10.5. The molecular formula is C20H18N2O5. The predicted octanol–water partition coefficient (Wildman–Crippen LogP) is 4.16. The lowest BCUT2D eigenvalue weighted by Gasteiger charge is -2.16. The maximum atomic E-state index is 12.5.